The van der Waals surface area contributed by atoms with E-state index in [0.29, 0.717) is 6.54 Å². The zero-order chi connectivity index (χ0) is 18.5. The first kappa shape index (κ1) is 18.5. The van der Waals surface area contributed by atoms with Gasteiger partial charge in [0, 0.05) is 39.4 Å². The molecule has 138 valence electrons. The van der Waals surface area contributed by atoms with Gasteiger partial charge in [-0.05, 0) is 47.4 Å². The van der Waals surface area contributed by atoms with Crippen molar-refractivity contribution < 1.29 is 9.84 Å². The number of anilines is 1. The Morgan fingerprint density at radius 3 is 2.31 bits per heavy atom. The van der Waals surface area contributed by atoms with Crippen molar-refractivity contribution in [2.45, 2.75) is 12.5 Å². The van der Waals surface area contributed by atoms with Crippen LogP contribution < -0.4 is 9.64 Å². The normalized spacial score (nSPS) is 16.1. The second-order valence-electron chi connectivity index (χ2n) is 6.97. The molecule has 0 saturated carbocycles. The van der Waals surface area contributed by atoms with Gasteiger partial charge < -0.3 is 14.7 Å². The number of aliphatic hydroxyl groups is 1. The number of aliphatic hydroxyl groups excluding tert-OH is 1. The Bertz CT molecular complexity index is 736. The summed E-state index contributed by atoms with van der Waals surface area (Å²) in [5.41, 5.74) is 4.84. The summed E-state index contributed by atoms with van der Waals surface area (Å²) in [4.78, 5) is 4.41. The highest BCUT2D eigenvalue weighted by Crippen LogP contribution is 2.26. The van der Waals surface area contributed by atoms with Gasteiger partial charge in [0.15, 0.2) is 0 Å². The lowest BCUT2D eigenvalue weighted by atomic mass is 9.98. The first-order valence-electron chi connectivity index (χ1n) is 9.08. The molecule has 1 heterocycles. The zero-order valence-electron chi connectivity index (χ0n) is 15.9. The molecule has 26 heavy (non-hydrogen) atoms. The Morgan fingerprint density at radius 2 is 1.77 bits per heavy atom. The molecule has 3 rings (SSSR count). The average Bonchev–Trinajstić information content (AvgIpc) is 2.68. The summed E-state index contributed by atoms with van der Waals surface area (Å²) >= 11 is 0. The Balaban J connectivity index is 1.58. The number of methoxy groups -OCH3 is 1. The summed E-state index contributed by atoms with van der Waals surface area (Å²) < 4.78 is 5.17. The summed E-state index contributed by atoms with van der Waals surface area (Å²) in [5.74, 6) is 0.812. The molecule has 2 aromatic carbocycles. The maximum Gasteiger partial charge on any atom is 0.118 e. The fourth-order valence-corrected chi connectivity index (χ4v) is 3.29. The van der Waals surface area contributed by atoms with Crippen LogP contribution in [0.2, 0.25) is 0 Å². The maximum absolute atomic E-state index is 10.5. The summed E-state index contributed by atoms with van der Waals surface area (Å²) in [7, 11) is 5.76. The van der Waals surface area contributed by atoms with Crippen LogP contribution in [0.3, 0.4) is 0 Å². The van der Waals surface area contributed by atoms with Crippen molar-refractivity contribution in [3.05, 3.63) is 65.7 Å². The van der Waals surface area contributed by atoms with E-state index >= 15 is 0 Å². The van der Waals surface area contributed by atoms with Gasteiger partial charge in [-0.3, -0.25) is 4.90 Å². The molecule has 0 amide bonds. The molecule has 1 atom stereocenters. The molecular formula is C22H28N2O2. The smallest absolute Gasteiger partial charge is 0.118 e. The lowest BCUT2D eigenvalue weighted by Gasteiger charge is -2.28. The van der Waals surface area contributed by atoms with E-state index in [9.17, 15) is 5.11 Å². The largest absolute Gasteiger partial charge is 0.497 e. The summed E-state index contributed by atoms with van der Waals surface area (Å²) in [6, 6.07) is 16.4. The second-order valence-corrected chi connectivity index (χ2v) is 6.97. The number of β-amino-alcohol motifs (C(OH)–C–C–N with tert-alkyl or cyclic N) is 1. The number of hydrogen-bond donors (Lipinski definition) is 1. The van der Waals surface area contributed by atoms with Crippen molar-refractivity contribution in [2.24, 2.45) is 0 Å². The van der Waals surface area contributed by atoms with E-state index in [-0.39, 0.29) is 0 Å². The molecule has 4 nitrogen and oxygen atoms in total. The number of benzene rings is 2. The highest BCUT2D eigenvalue weighted by Gasteiger charge is 2.17. The standard InChI is InChI=1S/C22H28N2O2/c1-23(2)20-8-4-17(5-9-20)18-12-14-24(15-13-18)16-22(25)19-6-10-21(26-3)11-7-19/h4-12,22,25H,13-16H2,1-3H3. The van der Waals surface area contributed by atoms with Crippen LogP contribution in [-0.4, -0.2) is 50.8 Å². The molecule has 4 heteroatoms. The minimum atomic E-state index is -0.477. The van der Waals surface area contributed by atoms with Gasteiger partial charge in [-0.25, -0.2) is 0 Å². The molecule has 1 N–H and O–H groups in total. The Labute approximate surface area is 156 Å². The van der Waals surface area contributed by atoms with E-state index in [2.05, 4.69) is 54.2 Å². The molecule has 0 aromatic heterocycles. The molecule has 1 aliphatic rings. The SMILES string of the molecule is COc1ccc(C(O)CN2CC=C(c3ccc(N(C)C)cc3)CC2)cc1. The van der Waals surface area contributed by atoms with Crippen molar-refractivity contribution in [3.8, 4) is 5.75 Å². The van der Waals surface area contributed by atoms with Crippen LogP contribution in [-0.2, 0) is 0 Å². The van der Waals surface area contributed by atoms with Gasteiger partial charge in [0.05, 0.1) is 13.2 Å². The molecule has 1 aliphatic heterocycles. The summed E-state index contributed by atoms with van der Waals surface area (Å²) in [6.45, 7) is 2.49. The van der Waals surface area contributed by atoms with Gasteiger partial charge in [-0.1, -0.05) is 30.3 Å². The summed E-state index contributed by atoms with van der Waals surface area (Å²) in [6.07, 6.45) is 2.82. The van der Waals surface area contributed by atoms with E-state index in [4.69, 9.17) is 4.74 Å². The van der Waals surface area contributed by atoms with E-state index in [0.717, 1.165) is 30.8 Å². The van der Waals surface area contributed by atoms with Gasteiger partial charge in [-0.2, -0.15) is 0 Å². The first-order chi connectivity index (χ1) is 12.6. The molecule has 2 aromatic rings. The van der Waals surface area contributed by atoms with E-state index in [1.54, 1.807) is 7.11 Å². The highest BCUT2D eigenvalue weighted by molar-refractivity contribution is 5.68. The number of hydrogen-bond acceptors (Lipinski definition) is 4. The van der Waals surface area contributed by atoms with Crippen LogP contribution in [0.25, 0.3) is 5.57 Å². The molecule has 0 saturated heterocycles. The third-order valence-corrected chi connectivity index (χ3v) is 4.98. The topological polar surface area (TPSA) is 35.9 Å². The van der Waals surface area contributed by atoms with Crippen molar-refractivity contribution in [2.75, 3.05) is 45.7 Å². The first-order valence-corrected chi connectivity index (χ1v) is 9.08. The van der Waals surface area contributed by atoms with Crippen molar-refractivity contribution in [1.82, 2.24) is 4.90 Å². The van der Waals surface area contributed by atoms with Gasteiger partial charge in [-0.15, -0.1) is 0 Å². The average molecular weight is 352 g/mol. The zero-order valence-corrected chi connectivity index (χ0v) is 15.9. The molecule has 0 aliphatic carbocycles. The van der Waals surface area contributed by atoms with Crippen LogP contribution in [0.4, 0.5) is 5.69 Å². The van der Waals surface area contributed by atoms with Crippen LogP contribution in [0.5, 0.6) is 5.75 Å². The lowest BCUT2D eigenvalue weighted by molar-refractivity contribution is 0.119. The van der Waals surface area contributed by atoms with Gasteiger partial charge in [0.25, 0.3) is 0 Å². The molecule has 0 fully saturated rings. The van der Waals surface area contributed by atoms with Crippen molar-refractivity contribution in [3.63, 3.8) is 0 Å². The molecule has 1 unspecified atom stereocenters. The predicted octanol–water partition coefficient (Wildman–Crippen LogP) is 3.58. The van der Waals surface area contributed by atoms with Gasteiger partial charge >= 0.3 is 0 Å². The van der Waals surface area contributed by atoms with E-state index in [1.807, 2.05) is 24.3 Å². The fourth-order valence-electron chi connectivity index (χ4n) is 3.29. The highest BCUT2D eigenvalue weighted by atomic mass is 16.5. The van der Waals surface area contributed by atoms with Gasteiger partial charge in [0.1, 0.15) is 5.75 Å². The number of rotatable bonds is 6. The minimum absolute atomic E-state index is 0.477. The quantitative estimate of drug-likeness (QED) is 0.862. The lowest BCUT2D eigenvalue weighted by Crippen LogP contribution is -2.32. The van der Waals surface area contributed by atoms with Gasteiger partial charge in [0.2, 0.25) is 0 Å². The van der Waals surface area contributed by atoms with Crippen LogP contribution in [0.1, 0.15) is 23.7 Å². The van der Waals surface area contributed by atoms with E-state index in [1.165, 1.54) is 16.8 Å². The summed E-state index contributed by atoms with van der Waals surface area (Å²) in [5, 5.41) is 10.5. The third kappa shape index (κ3) is 4.45. The predicted molar refractivity (Wildman–Crippen MR) is 108 cm³/mol. The van der Waals surface area contributed by atoms with Crippen LogP contribution in [0, 0.1) is 0 Å². The van der Waals surface area contributed by atoms with Crippen molar-refractivity contribution in [1.29, 1.82) is 0 Å². The molecule has 0 spiro atoms. The minimum Gasteiger partial charge on any atom is -0.497 e. The van der Waals surface area contributed by atoms with E-state index < -0.39 is 6.10 Å². The maximum atomic E-state index is 10.5. The number of ether oxygens (including phenoxy) is 1. The Hall–Kier alpha value is -2.30. The van der Waals surface area contributed by atoms with Crippen LogP contribution >= 0.6 is 0 Å². The molecule has 0 radical (unpaired) electrons. The monoisotopic (exact) mass is 352 g/mol. The third-order valence-electron chi connectivity index (χ3n) is 4.98. The fraction of sp³-hybridized carbons (Fsp3) is 0.364. The number of nitrogens with zero attached hydrogens (tertiary/aromatic N) is 2. The second kappa shape index (κ2) is 8.39. The van der Waals surface area contributed by atoms with Crippen LogP contribution in [0.15, 0.2) is 54.6 Å². The molecule has 0 bridgehead atoms. The molecular weight excluding hydrogens is 324 g/mol. The Kier molecular flexibility index (Phi) is 5.96. The van der Waals surface area contributed by atoms with Crippen molar-refractivity contribution >= 4 is 11.3 Å². The Morgan fingerprint density at radius 1 is 1.08 bits per heavy atom.